The number of aromatic carboxylic acids is 1. The molecule has 10 heteroatoms. The molecular formula is C25H21FN2O7. The van der Waals surface area contributed by atoms with Crippen molar-refractivity contribution < 1.29 is 37.8 Å². The van der Waals surface area contributed by atoms with Crippen LogP contribution in [0.25, 0.3) is 6.08 Å². The zero-order valence-corrected chi connectivity index (χ0v) is 18.6. The molecular weight excluding hydrogens is 459 g/mol. The van der Waals surface area contributed by atoms with Crippen LogP contribution in [-0.2, 0) is 17.9 Å². The molecule has 1 aromatic heterocycles. The van der Waals surface area contributed by atoms with Gasteiger partial charge < -0.3 is 24.3 Å². The number of amides is 3. The van der Waals surface area contributed by atoms with Gasteiger partial charge in [-0.2, -0.15) is 0 Å². The number of nitrogens with one attached hydrogen (secondary N) is 1. The third-order valence-electron chi connectivity index (χ3n) is 5.07. The van der Waals surface area contributed by atoms with Gasteiger partial charge in [0.05, 0.1) is 13.2 Å². The SMILES string of the molecule is CCOc1cc(C=C2NC(=O)N(Cc3ccccc3F)C2=O)ccc1OCc1ccc(C(=O)O)o1. The van der Waals surface area contributed by atoms with Crippen LogP contribution < -0.4 is 14.8 Å². The largest absolute Gasteiger partial charge is 0.490 e. The van der Waals surface area contributed by atoms with Crippen LogP contribution in [0.15, 0.2) is 64.7 Å². The van der Waals surface area contributed by atoms with Crippen LogP contribution in [0, 0.1) is 5.82 Å². The van der Waals surface area contributed by atoms with Crippen molar-refractivity contribution in [1.82, 2.24) is 10.2 Å². The second kappa shape index (κ2) is 10.1. The van der Waals surface area contributed by atoms with Crippen LogP contribution in [0.3, 0.4) is 0 Å². The molecule has 0 atom stereocenters. The highest BCUT2D eigenvalue weighted by Crippen LogP contribution is 2.31. The lowest BCUT2D eigenvalue weighted by Crippen LogP contribution is -2.30. The minimum absolute atomic E-state index is 0.0205. The highest BCUT2D eigenvalue weighted by Gasteiger charge is 2.34. The van der Waals surface area contributed by atoms with Crippen LogP contribution in [0.5, 0.6) is 11.5 Å². The van der Waals surface area contributed by atoms with Gasteiger partial charge in [-0.3, -0.25) is 9.69 Å². The normalized spacial score (nSPS) is 14.3. The standard InChI is InChI=1S/C25H21FN2O7/c1-2-33-22-12-15(7-9-20(22)34-14-17-8-10-21(35-17)24(30)31)11-19-23(29)28(25(32)27-19)13-16-5-3-4-6-18(16)26/h3-12H,2,13-14H2,1H3,(H,27,32)(H,30,31). The minimum atomic E-state index is -1.18. The summed E-state index contributed by atoms with van der Waals surface area (Å²) in [5, 5.41) is 11.5. The number of furan rings is 1. The van der Waals surface area contributed by atoms with Gasteiger partial charge in [0, 0.05) is 5.56 Å². The summed E-state index contributed by atoms with van der Waals surface area (Å²) < 4.78 is 30.5. The van der Waals surface area contributed by atoms with E-state index in [1.54, 1.807) is 31.2 Å². The summed E-state index contributed by atoms with van der Waals surface area (Å²) in [5.41, 5.74) is 0.826. The van der Waals surface area contributed by atoms with Gasteiger partial charge in [0.1, 0.15) is 23.9 Å². The predicted octanol–water partition coefficient (Wildman–Crippen LogP) is 4.19. The fraction of sp³-hybridized carbons (Fsp3) is 0.160. The molecule has 1 aliphatic rings. The van der Waals surface area contributed by atoms with Gasteiger partial charge in [-0.15, -0.1) is 0 Å². The highest BCUT2D eigenvalue weighted by molar-refractivity contribution is 6.13. The Bertz CT molecular complexity index is 1310. The first-order valence-electron chi connectivity index (χ1n) is 10.6. The molecule has 2 N–H and O–H groups in total. The van der Waals surface area contributed by atoms with Crippen LogP contribution in [0.2, 0.25) is 0 Å². The van der Waals surface area contributed by atoms with Crippen molar-refractivity contribution in [2.75, 3.05) is 6.61 Å². The Morgan fingerprint density at radius 2 is 1.91 bits per heavy atom. The lowest BCUT2D eigenvalue weighted by Gasteiger charge is -2.12. The molecule has 35 heavy (non-hydrogen) atoms. The van der Waals surface area contributed by atoms with E-state index in [2.05, 4.69) is 5.32 Å². The molecule has 2 heterocycles. The van der Waals surface area contributed by atoms with Crippen LogP contribution >= 0.6 is 0 Å². The minimum Gasteiger partial charge on any atom is -0.490 e. The quantitative estimate of drug-likeness (QED) is 0.348. The number of carboxylic acids is 1. The number of hydrogen-bond donors (Lipinski definition) is 2. The Morgan fingerprint density at radius 3 is 2.63 bits per heavy atom. The first-order chi connectivity index (χ1) is 16.9. The molecule has 1 saturated heterocycles. The molecule has 3 aromatic rings. The van der Waals surface area contributed by atoms with Gasteiger partial charge in [-0.25, -0.2) is 14.0 Å². The molecule has 180 valence electrons. The van der Waals surface area contributed by atoms with E-state index in [1.165, 1.54) is 36.4 Å². The number of hydrogen-bond acceptors (Lipinski definition) is 6. The summed E-state index contributed by atoms with van der Waals surface area (Å²) >= 11 is 0. The number of carbonyl (C=O) groups excluding carboxylic acids is 2. The molecule has 2 aromatic carbocycles. The first kappa shape index (κ1) is 23.6. The lowest BCUT2D eigenvalue weighted by molar-refractivity contribution is -0.123. The Hall–Kier alpha value is -4.60. The number of ether oxygens (including phenoxy) is 2. The topological polar surface area (TPSA) is 118 Å². The molecule has 0 spiro atoms. The van der Waals surface area contributed by atoms with Crippen LogP contribution in [0.4, 0.5) is 9.18 Å². The summed E-state index contributed by atoms with van der Waals surface area (Å²) in [5.74, 6) is -1.37. The van der Waals surface area contributed by atoms with Crippen molar-refractivity contribution in [2.24, 2.45) is 0 Å². The summed E-state index contributed by atoms with van der Waals surface area (Å²) in [7, 11) is 0. The Morgan fingerprint density at radius 1 is 1.11 bits per heavy atom. The molecule has 1 aliphatic heterocycles. The van der Waals surface area contributed by atoms with Gasteiger partial charge in [0.2, 0.25) is 5.76 Å². The first-order valence-corrected chi connectivity index (χ1v) is 10.6. The van der Waals surface area contributed by atoms with E-state index in [0.29, 0.717) is 29.4 Å². The summed E-state index contributed by atoms with van der Waals surface area (Å²) in [6.07, 6.45) is 1.49. The van der Waals surface area contributed by atoms with E-state index in [9.17, 15) is 18.8 Å². The second-order valence-electron chi connectivity index (χ2n) is 7.47. The zero-order chi connectivity index (χ0) is 24.9. The van der Waals surface area contributed by atoms with E-state index in [1.807, 2.05) is 0 Å². The second-order valence-corrected chi connectivity index (χ2v) is 7.47. The summed E-state index contributed by atoms with van der Waals surface area (Å²) in [4.78, 5) is 37.0. The molecule has 0 saturated carbocycles. The van der Waals surface area contributed by atoms with Gasteiger partial charge in [0.15, 0.2) is 11.5 Å². The van der Waals surface area contributed by atoms with Gasteiger partial charge in [0.25, 0.3) is 5.91 Å². The van der Waals surface area contributed by atoms with E-state index in [4.69, 9.17) is 19.0 Å². The van der Waals surface area contributed by atoms with Crippen molar-refractivity contribution in [2.45, 2.75) is 20.1 Å². The molecule has 0 aliphatic carbocycles. The fourth-order valence-electron chi connectivity index (χ4n) is 3.40. The van der Waals surface area contributed by atoms with Crippen molar-refractivity contribution >= 4 is 24.0 Å². The van der Waals surface area contributed by atoms with Crippen molar-refractivity contribution in [3.05, 3.63) is 88.8 Å². The van der Waals surface area contributed by atoms with E-state index in [-0.39, 0.29) is 30.2 Å². The summed E-state index contributed by atoms with van der Waals surface area (Å²) in [6, 6.07) is 13.0. The van der Waals surface area contributed by atoms with Gasteiger partial charge in [-0.1, -0.05) is 24.3 Å². The monoisotopic (exact) mass is 480 g/mol. The van der Waals surface area contributed by atoms with E-state index in [0.717, 1.165) is 4.90 Å². The molecule has 0 bridgehead atoms. The third kappa shape index (κ3) is 5.32. The number of urea groups is 1. The maximum absolute atomic E-state index is 14.0. The smallest absolute Gasteiger partial charge is 0.371 e. The highest BCUT2D eigenvalue weighted by atomic mass is 19.1. The van der Waals surface area contributed by atoms with Crippen LogP contribution in [0.1, 0.15) is 34.4 Å². The molecule has 9 nitrogen and oxygen atoms in total. The summed E-state index contributed by atoms with van der Waals surface area (Å²) in [6.45, 7) is 1.92. The van der Waals surface area contributed by atoms with E-state index >= 15 is 0 Å². The lowest BCUT2D eigenvalue weighted by atomic mass is 10.1. The predicted molar refractivity (Wildman–Crippen MR) is 121 cm³/mol. The third-order valence-corrected chi connectivity index (χ3v) is 5.07. The average molecular weight is 480 g/mol. The number of benzene rings is 2. The maximum Gasteiger partial charge on any atom is 0.371 e. The molecule has 4 rings (SSSR count). The molecule has 0 unspecified atom stereocenters. The van der Waals surface area contributed by atoms with Crippen molar-refractivity contribution in [3.63, 3.8) is 0 Å². The fourth-order valence-corrected chi connectivity index (χ4v) is 3.40. The Balaban J connectivity index is 1.50. The van der Waals surface area contributed by atoms with E-state index < -0.39 is 23.7 Å². The van der Waals surface area contributed by atoms with Crippen molar-refractivity contribution in [3.8, 4) is 11.5 Å². The zero-order valence-electron chi connectivity index (χ0n) is 18.6. The number of carboxylic acid groups (broad SMARTS) is 1. The van der Waals surface area contributed by atoms with Crippen molar-refractivity contribution in [1.29, 1.82) is 0 Å². The van der Waals surface area contributed by atoms with Gasteiger partial charge in [-0.05, 0) is 48.9 Å². The van der Waals surface area contributed by atoms with Crippen LogP contribution in [-0.4, -0.2) is 34.5 Å². The average Bonchev–Trinajstić information content (AvgIpc) is 3.41. The molecule has 3 amide bonds. The number of imide groups is 1. The Labute approximate surface area is 199 Å². The number of carbonyl (C=O) groups is 3. The number of halogens is 1. The van der Waals surface area contributed by atoms with Gasteiger partial charge >= 0.3 is 12.0 Å². The molecule has 0 radical (unpaired) electrons. The number of rotatable bonds is 9. The molecule has 1 fully saturated rings. The number of nitrogens with zero attached hydrogens (tertiary/aromatic N) is 1. The Kier molecular flexibility index (Phi) is 6.81. The maximum atomic E-state index is 14.0.